The second kappa shape index (κ2) is 13.5. The molecule has 0 unspecified atom stereocenters. The van der Waals surface area contributed by atoms with Crippen LogP contribution in [0.5, 0.6) is 11.5 Å². The van der Waals surface area contributed by atoms with Crippen LogP contribution in [0.3, 0.4) is 0 Å². The molecule has 1 aliphatic heterocycles. The summed E-state index contributed by atoms with van der Waals surface area (Å²) in [6.45, 7) is 6.80. The maximum absolute atomic E-state index is 13.8. The van der Waals surface area contributed by atoms with Crippen LogP contribution in [0.4, 0.5) is 11.4 Å². The quantitative estimate of drug-likeness (QED) is 0.119. The standard InChI is InChI=1S/C38H32N2O3S/c1-3-14-29-23-27(24-34(42-4-2)36(29)43-26-30-17-13-16-28-15-11-12-22-33(28)30)25-35-37(41)40(32-20-9-6-10-21-32)38(44-35)39-31-18-7-5-8-19-31/h3,5-13,15-25H,1,4,14,26H2,2H3/b35-25+,39-38?. The first kappa shape index (κ1) is 29.0. The van der Waals surface area contributed by atoms with E-state index in [0.29, 0.717) is 41.2 Å². The predicted molar refractivity (Wildman–Crippen MR) is 183 cm³/mol. The predicted octanol–water partition coefficient (Wildman–Crippen LogP) is 9.35. The van der Waals surface area contributed by atoms with E-state index in [-0.39, 0.29) is 5.91 Å². The number of nitrogens with zero attached hydrogens (tertiary/aromatic N) is 2. The molecule has 0 aromatic heterocycles. The number of benzene rings is 5. The Morgan fingerprint density at radius 1 is 0.841 bits per heavy atom. The molecule has 1 fully saturated rings. The van der Waals surface area contributed by atoms with Gasteiger partial charge < -0.3 is 9.47 Å². The summed E-state index contributed by atoms with van der Waals surface area (Å²) in [5, 5.41) is 2.93. The highest BCUT2D eigenvalue weighted by molar-refractivity contribution is 8.19. The highest BCUT2D eigenvalue weighted by Crippen LogP contribution is 2.40. The van der Waals surface area contributed by atoms with Crippen molar-refractivity contribution in [3.8, 4) is 11.5 Å². The van der Waals surface area contributed by atoms with Crippen LogP contribution in [0.25, 0.3) is 16.8 Å². The average Bonchev–Trinajstić information content (AvgIpc) is 3.35. The van der Waals surface area contributed by atoms with E-state index in [0.717, 1.165) is 33.5 Å². The highest BCUT2D eigenvalue weighted by Gasteiger charge is 2.34. The summed E-state index contributed by atoms with van der Waals surface area (Å²) in [5.74, 6) is 1.19. The number of hydrogen-bond donors (Lipinski definition) is 0. The molecule has 5 aromatic carbocycles. The van der Waals surface area contributed by atoms with Crippen LogP contribution < -0.4 is 14.4 Å². The van der Waals surface area contributed by atoms with E-state index in [2.05, 4.69) is 36.9 Å². The summed E-state index contributed by atoms with van der Waals surface area (Å²) in [7, 11) is 0. The van der Waals surface area contributed by atoms with Crippen molar-refractivity contribution in [1.29, 1.82) is 0 Å². The van der Waals surface area contributed by atoms with Gasteiger partial charge in [-0.25, -0.2) is 4.99 Å². The van der Waals surface area contributed by atoms with Crippen LogP contribution >= 0.6 is 11.8 Å². The van der Waals surface area contributed by atoms with Gasteiger partial charge in [-0.15, -0.1) is 6.58 Å². The Bertz CT molecular complexity index is 1860. The number of aliphatic imine (C=N–C) groups is 1. The number of ether oxygens (including phenoxy) is 2. The molecule has 0 atom stereocenters. The van der Waals surface area contributed by atoms with Gasteiger partial charge in [0.05, 0.1) is 22.9 Å². The molecule has 5 aromatic rings. The van der Waals surface area contributed by atoms with Crippen LogP contribution in [0, 0.1) is 0 Å². The first-order valence-electron chi connectivity index (χ1n) is 14.6. The third kappa shape index (κ3) is 6.31. The number of carbonyl (C=O) groups excluding carboxylic acids is 1. The maximum atomic E-state index is 13.8. The Balaban J connectivity index is 1.36. The lowest BCUT2D eigenvalue weighted by atomic mass is 10.0. The molecule has 5 nitrogen and oxygen atoms in total. The molecule has 0 radical (unpaired) electrons. The Labute approximate surface area is 262 Å². The van der Waals surface area contributed by atoms with Crippen molar-refractivity contribution in [2.45, 2.75) is 20.0 Å². The zero-order valence-corrected chi connectivity index (χ0v) is 25.3. The minimum absolute atomic E-state index is 0.129. The zero-order valence-electron chi connectivity index (χ0n) is 24.5. The number of para-hydroxylation sites is 2. The summed E-state index contributed by atoms with van der Waals surface area (Å²) in [4.78, 5) is 20.9. The highest BCUT2D eigenvalue weighted by atomic mass is 32.2. The van der Waals surface area contributed by atoms with Gasteiger partial charge in [0.15, 0.2) is 16.7 Å². The normalized spacial score (nSPS) is 14.8. The lowest BCUT2D eigenvalue weighted by Gasteiger charge is -2.18. The maximum Gasteiger partial charge on any atom is 0.271 e. The SMILES string of the molecule is C=CCc1cc(/C=C2/SC(=Nc3ccccc3)N(c3ccccc3)C2=O)cc(OCC)c1OCc1cccc2ccccc12. The second-order valence-electron chi connectivity index (χ2n) is 10.2. The van der Waals surface area contributed by atoms with E-state index in [1.54, 1.807) is 4.90 Å². The van der Waals surface area contributed by atoms with Crippen molar-refractivity contribution in [3.63, 3.8) is 0 Å². The lowest BCUT2D eigenvalue weighted by Crippen LogP contribution is -2.28. The number of amides is 1. The Morgan fingerprint density at radius 3 is 2.34 bits per heavy atom. The fraction of sp³-hybridized carbons (Fsp3) is 0.105. The summed E-state index contributed by atoms with van der Waals surface area (Å²) < 4.78 is 12.6. The van der Waals surface area contributed by atoms with E-state index < -0.39 is 0 Å². The molecule has 0 N–H and O–H groups in total. The molecule has 6 heteroatoms. The summed E-state index contributed by atoms with van der Waals surface area (Å²) in [6, 6.07) is 37.8. The van der Waals surface area contributed by atoms with Crippen molar-refractivity contribution in [1.82, 2.24) is 0 Å². The molecular weight excluding hydrogens is 564 g/mol. The molecule has 1 aliphatic rings. The Hall–Kier alpha value is -5.07. The molecule has 0 spiro atoms. The van der Waals surface area contributed by atoms with E-state index in [1.165, 1.54) is 17.1 Å². The second-order valence-corrected chi connectivity index (χ2v) is 11.2. The van der Waals surface area contributed by atoms with Gasteiger partial charge in [-0.05, 0) is 89.5 Å². The first-order valence-corrected chi connectivity index (χ1v) is 15.4. The molecule has 0 saturated carbocycles. The number of thioether (sulfide) groups is 1. The number of rotatable bonds is 10. The average molecular weight is 597 g/mol. The monoisotopic (exact) mass is 596 g/mol. The van der Waals surface area contributed by atoms with Crippen LogP contribution in [-0.4, -0.2) is 17.7 Å². The first-order chi connectivity index (χ1) is 21.6. The number of fused-ring (bicyclic) bond motifs is 1. The zero-order chi connectivity index (χ0) is 30.3. The minimum Gasteiger partial charge on any atom is -0.490 e. The van der Waals surface area contributed by atoms with Crippen molar-refractivity contribution < 1.29 is 14.3 Å². The third-order valence-corrected chi connectivity index (χ3v) is 8.14. The van der Waals surface area contributed by atoms with E-state index in [4.69, 9.17) is 14.5 Å². The molecule has 1 heterocycles. The number of anilines is 1. The Morgan fingerprint density at radius 2 is 1.57 bits per heavy atom. The topological polar surface area (TPSA) is 51.1 Å². The Kier molecular flexibility index (Phi) is 8.90. The summed E-state index contributed by atoms with van der Waals surface area (Å²) in [5.41, 5.74) is 4.42. The van der Waals surface area contributed by atoms with E-state index in [9.17, 15) is 4.79 Å². The molecule has 6 rings (SSSR count). The van der Waals surface area contributed by atoms with E-state index >= 15 is 0 Å². The van der Waals surface area contributed by atoms with Gasteiger partial charge in [0.2, 0.25) is 0 Å². The fourth-order valence-corrected chi connectivity index (χ4v) is 6.19. The van der Waals surface area contributed by atoms with Crippen molar-refractivity contribution >= 4 is 51.1 Å². The number of amidine groups is 1. The van der Waals surface area contributed by atoms with Gasteiger partial charge in [-0.3, -0.25) is 9.69 Å². The van der Waals surface area contributed by atoms with Crippen LogP contribution in [0.15, 0.2) is 138 Å². The number of carbonyl (C=O) groups is 1. The molecule has 218 valence electrons. The largest absolute Gasteiger partial charge is 0.490 e. The number of hydrogen-bond acceptors (Lipinski definition) is 5. The van der Waals surface area contributed by atoms with Gasteiger partial charge in [-0.2, -0.15) is 0 Å². The molecule has 1 saturated heterocycles. The van der Waals surface area contributed by atoms with Crippen molar-refractivity contribution in [2.75, 3.05) is 11.5 Å². The molecule has 0 aliphatic carbocycles. The van der Waals surface area contributed by atoms with Crippen LogP contribution in [-0.2, 0) is 17.8 Å². The fourth-order valence-electron chi connectivity index (χ4n) is 5.19. The molecule has 1 amide bonds. The van der Waals surface area contributed by atoms with E-state index in [1.807, 2.05) is 104 Å². The number of allylic oxidation sites excluding steroid dienone is 1. The van der Waals surface area contributed by atoms with Crippen LogP contribution in [0.2, 0.25) is 0 Å². The van der Waals surface area contributed by atoms with Crippen molar-refractivity contribution in [2.24, 2.45) is 4.99 Å². The minimum atomic E-state index is -0.129. The van der Waals surface area contributed by atoms with Gasteiger partial charge in [-0.1, -0.05) is 84.9 Å². The van der Waals surface area contributed by atoms with Gasteiger partial charge >= 0.3 is 0 Å². The molecular formula is C38H32N2O3S. The smallest absolute Gasteiger partial charge is 0.271 e. The third-order valence-electron chi connectivity index (χ3n) is 7.17. The van der Waals surface area contributed by atoms with Gasteiger partial charge in [0, 0.05) is 5.56 Å². The van der Waals surface area contributed by atoms with Crippen molar-refractivity contribution in [3.05, 3.63) is 150 Å². The molecule has 44 heavy (non-hydrogen) atoms. The van der Waals surface area contributed by atoms with Gasteiger partial charge in [0.1, 0.15) is 6.61 Å². The van der Waals surface area contributed by atoms with Gasteiger partial charge in [0.25, 0.3) is 5.91 Å². The summed E-state index contributed by atoms with van der Waals surface area (Å²) in [6.07, 6.45) is 4.34. The molecule has 0 bridgehead atoms. The lowest BCUT2D eigenvalue weighted by molar-refractivity contribution is -0.113. The summed E-state index contributed by atoms with van der Waals surface area (Å²) >= 11 is 1.36. The van der Waals surface area contributed by atoms with Crippen LogP contribution in [0.1, 0.15) is 23.6 Å².